The van der Waals surface area contributed by atoms with Gasteiger partial charge in [0.15, 0.2) is 0 Å². The van der Waals surface area contributed by atoms with Crippen LogP contribution in [0.15, 0.2) is 47.6 Å². The van der Waals surface area contributed by atoms with E-state index in [1.165, 1.54) is 0 Å². The van der Waals surface area contributed by atoms with Gasteiger partial charge in [0.05, 0.1) is 7.11 Å². The zero-order valence-electron chi connectivity index (χ0n) is 8.34. The molecule has 0 aliphatic carbocycles. The van der Waals surface area contributed by atoms with E-state index in [9.17, 15) is 0 Å². The van der Waals surface area contributed by atoms with Gasteiger partial charge in [-0.05, 0) is 22.9 Å². The molecule has 2 rings (SSSR count). The monoisotopic (exact) mass is 201 g/mol. The van der Waals surface area contributed by atoms with Crippen molar-refractivity contribution < 1.29 is 9.94 Å². The summed E-state index contributed by atoms with van der Waals surface area (Å²) in [5.74, 6) is 0.554. The summed E-state index contributed by atoms with van der Waals surface area (Å²) in [6.07, 6.45) is 0. The van der Waals surface area contributed by atoms with Crippen molar-refractivity contribution >= 4 is 10.8 Å². The molecule has 0 unspecified atom stereocenters. The van der Waals surface area contributed by atoms with Crippen molar-refractivity contribution in [1.82, 2.24) is 0 Å². The second kappa shape index (κ2) is 4.00. The molecule has 3 heteroatoms. The van der Waals surface area contributed by atoms with Crippen LogP contribution in [0, 0.1) is 0 Å². The summed E-state index contributed by atoms with van der Waals surface area (Å²) in [5.41, 5.74) is 0. The standard InChI is InChI=1S/C12H11NO2/c1-15-12-8-10-5-3-2-4-9(10)6-7-11(12)13-14/h2-8,14H,1H3/b13-11-. The normalized spacial score (nSPS) is 11.7. The smallest absolute Gasteiger partial charge is 0.148 e. The molecule has 0 atom stereocenters. The molecule has 0 spiro atoms. The predicted molar refractivity (Wildman–Crippen MR) is 57.8 cm³/mol. The Morgan fingerprint density at radius 1 is 1.07 bits per heavy atom. The molecular weight excluding hydrogens is 190 g/mol. The van der Waals surface area contributed by atoms with Gasteiger partial charge in [-0.3, -0.25) is 0 Å². The van der Waals surface area contributed by atoms with Crippen molar-refractivity contribution in [1.29, 1.82) is 0 Å². The van der Waals surface area contributed by atoms with Crippen molar-refractivity contribution in [2.24, 2.45) is 5.16 Å². The van der Waals surface area contributed by atoms with Crippen LogP contribution in [0.4, 0.5) is 0 Å². The van der Waals surface area contributed by atoms with Crippen molar-refractivity contribution in [2.45, 2.75) is 0 Å². The third-order valence-corrected chi connectivity index (χ3v) is 2.28. The molecule has 0 aliphatic rings. The van der Waals surface area contributed by atoms with Gasteiger partial charge in [-0.25, -0.2) is 0 Å². The number of ether oxygens (including phenoxy) is 1. The van der Waals surface area contributed by atoms with Gasteiger partial charge < -0.3 is 9.94 Å². The first-order valence-corrected chi connectivity index (χ1v) is 4.60. The van der Waals surface area contributed by atoms with Crippen molar-refractivity contribution in [3.8, 4) is 5.75 Å². The van der Waals surface area contributed by atoms with E-state index in [2.05, 4.69) is 5.16 Å². The quantitative estimate of drug-likeness (QED) is 0.567. The molecule has 2 aromatic rings. The molecule has 0 aromatic heterocycles. The average molecular weight is 201 g/mol. The van der Waals surface area contributed by atoms with Gasteiger partial charge in [-0.2, -0.15) is 0 Å². The average Bonchev–Trinajstić information content (AvgIpc) is 2.47. The Hall–Kier alpha value is -2.03. The molecule has 2 aromatic carbocycles. The Labute approximate surface area is 87.2 Å². The predicted octanol–water partition coefficient (Wildman–Crippen LogP) is 2.14. The Balaban J connectivity index is 2.89. The zero-order valence-corrected chi connectivity index (χ0v) is 8.34. The van der Waals surface area contributed by atoms with E-state index in [4.69, 9.17) is 9.94 Å². The lowest BCUT2D eigenvalue weighted by molar-refractivity contribution is 0.295. The summed E-state index contributed by atoms with van der Waals surface area (Å²) < 4.78 is 5.15. The van der Waals surface area contributed by atoms with Gasteiger partial charge in [0.1, 0.15) is 11.1 Å². The van der Waals surface area contributed by atoms with Gasteiger partial charge >= 0.3 is 0 Å². The third-order valence-electron chi connectivity index (χ3n) is 2.28. The number of hydrogen-bond acceptors (Lipinski definition) is 3. The second-order valence-electron chi connectivity index (χ2n) is 3.16. The van der Waals surface area contributed by atoms with E-state index in [0.29, 0.717) is 11.1 Å². The summed E-state index contributed by atoms with van der Waals surface area (Å²) in [6.45, 7) is 0. The van der Waals surface area contributed by atoms with E-state index >= 15 is 0 Å². The highest BCUT2D eigenvalue weighted by molar-refractivity contribution is 5.82. The Morgan fingerprint density at radius 3 is 2.47 bits per heavy atom. The number of hydrogen-bond donors (Lipinski definition) is 1. The molecule has 76 valence electrons. The molecule has 0 saturated heterocycles. The summed E-state index contributed by atoms with van der Waals surface area (Å²) in [6, 6.07) is 13.4. The minimum atomic E-state index is 0.425. The third kappa shape index (κ3) is 1.76. The minimum Gasteiger partial charge on any atom is -0.494 e. The van der Waals surface area contributed by atoms with E-state index in [-0.39, 0.29) is 0 Å². The molecule has 0 heterocycles. The van der Waals surface area contributed by atoms with Gasteiger partial charge in [0.25, 0.3) is 0 Å². The molecule has 0 aliphatic heterocycles. The molecule has 0 radical (unpaired) electrons. The van der Waals surface area contributed by atoms with Gasteiger partial charge in [0.2, 0.25) is 0 Å². The van der Waals surface area contributed by atoms with Gasteiger partial charge in [-0.15, -0.1) is 0 Å². The maximum Gasteiger partial charge on any atom is 0.148 e. The van der Waals surface area contributed by atoms with Crippen LogP contribution in [0.1, 0.15) is 0 Å². The van der Waals surface area contributed by atoms with E-state index in [1.54, 1.807) is 13.2 Å². The molecule has 3 nitrogen and oxygen atoms in total. The van der Waals surface area contributed by atoms with Crippen LogP contribution in [-0.4, -0.2) is 12.3 Å². The molecule has 1 N–H and O–H groups in total. The van der Waals surface area contributed by atoms with Crippen LogP contribution in [0.25, 0.3) is 10.8 Å². The van der Waals surface area contributed by atoms with E-state index < -0.39 is 0 Å². The number of fused-ring (bicyclic) bond motifs is 1. The van der Waals surface area contributed by atoms with Crippen LogP contribution in [0.3, 0.4) is 0 Å². The number of methoxy groups -OCH3 is 1. The first-order chi connectivity index (χ1) is 7.35. The van der Waals surface area contributed by atoms with E-state index in [1.807, 2.05) is 36.4 Å². The molecule has 15 heavy (non-hydrogen) atoms. The molecule has 0 fully saturated rings. The number of rotatable bonds is 1. The summed E-state index contributed by atoms with van der Waals surface area (Å²) in [5, 5.41) is 14.5. The lowest BCUT2D eigenvalue weighted by Crippen LogP contribution is -2.02. The zero-order chi connectivity index (χ0) is 10.7. The molecule has 0 saturated carbocycles. The fraction of sp³-hybridized carbons (Fsp3) is 0.0833. The number of nitrogens with zero attached hydrogens (tertiary/aromatic N) is 1. The first kappa shape index (κ1) is 9.52. The maximum absolute atomic E-state index is 8.81. The van der Waals surface area contributed by atoms with E-state index in [0.717, 1.165) is 10.8 Å². The van der Waals surface area contributed by atoms with Crippen LogP contribution in [0.5, 0.6) is 5.75 Å². The Morgan fingerprint density at radius 2 is 1.80 bits per heavy atom. The fourth-order valence-corrected chi connectivity index (χ4v) is 1.51. The van der Waals surface area contributed by atoms with Crippen molar-refractivity contribution in [2.75, 3.05) is 7.11 Å². The summed E-state index contributed by atoms with van der Waals surface area (Å²) in [7, 11) is 1.55. The fourth-order valence-electron chi connectivity index (χ4n) is 1.51. The lowest BCUT2D eigenvalue weighted by atomic mass is 10.2. The minimum absolute atomic E-state index is 0.425. The largest absolute Gasteiger partial charge is 0.494 e. The highest BCUT2D eigenvalue weighted by Gasteiger charge is 1.97. The summed E-state index contributed by atoms with van der Waals surface area (Å²) >= 11 is 0. The SMILES string of the molecule is COc1cc2ccccc2cc/c1=N/O. The van der Waals surface area contributed by atoms with Gasteiger partial charge in [-0.1, -0.05) is 35.5 Å². The number of benzene rings is 1. The first-order valence-electron chi connectivity index (χ1n) is 4.60. The molecule has 0 bridgehead atoms. The molecule has 0 amide bonds. The van der Waals surface area contributed by atoms with Crippen molar-refractivity contribution in [3.63, 3.8) is 0 Å². The van der Waals surface area contributed by atoms with Crippen LogP contribution >= 0.6 is 0 Å². The molecular formula is C12H11NO2. The highest BCUT2D eigenvalue weighted by Crippen LogP contribution is 2.14. The Kier molecular flexibility index (Phi) is 2.54. The van der Waals surface area contributed by atoms with Crippen LogP contribution < -0.4 is 10.1 Å². The van der Waals surface area contributed by atoms with Crippen LogP contribution in [-0.2, 0) is 0 Å². The van der Waals surface area contributed by atoms with Gasteiger partial charge in [0, 0.05) is 0 Å². The topological polar surface area (TPSA) is 41.8 Å². The maximum atomic E-state index is 8.81. The Bertz CT molecular complexity index is 549. The van der Waals surface area contributed by atoms with Crippen molar-refractivity contribution in [3.05, 3.63) is 47.8 Å². The summed E-state index contributed by atoms with van der Waals surface area (Å²) in [4.78, 5) is 0. The second-order valence-corrected chi connectivity index (χ2v) is 3.16. The lowest BCUT2D eigenvalue weighted by Gasteiger charge is -1.95. The van der Waals surface area contributed by atoms with Crippen LogP contribution in [0.2, 0.25) is 0 Å². The highest BCUT2D eigenvalue weighted by atomic mass is 16.5.